The molecule has 0 bridgehead atoms. The van der Waals surface area contributed by atoms with Crippen LogP contribution in [0.4, 0.5) is 37.7 Å². The van der Waals surface area contributed by atoms with Crippen molar-refractivity contribution in [2.75, 3.05) is 16.8 Å². The van der Waals surface area contributed by atoms with Crippen LogP contribution in [0.1, 0.15) is 48.5 Å². The Kier molecular flexibility index (Phi) is 12.2. The third kappa shape index (κ3) is 9.40. The smallest absolute Gasteiger partial charge is 0.416 e. The van der Waals surface area contributed by atoms with Crippen molar-refractivity contribution in [2.45, 2.75) is 31.7 Å². The summed E-state index contributed by atoms with van der Waals surface area (Å²) < 4.78 is 97.7. The van der Waals surface area contributed by atoms with Crippen molar-refractivity contribution in [3.63, 3.8) is 0 Å². The number of hydrogen-bond acceptors (Lipinski definition) is 7. The number of para-hydroxylation sites is 1. The van der Waals surface area contributed by atoms with Gasteiger partial charge < -0.3 is 24.7 Å². The molecule has 1 aromatic heterocycles. The van der Waals surface area contributed by atoms with Crippen molar-refractivity contribution >= 4 is 69.0 Å². The Morgan fingerprint density at radius 1 is 0.738 bits per heavy atom. The summed E-state index contributed by atoms with van der Waals surface area (Å²) in [5.74, 6) is -8.65. The van der Waals surface area contributed by atoms with Crippen molar-refractivity contribution in [1.82, 2.24) is 9.97 Å². The number of hydrogen-bond donors (Lipinski definition) is 2. The van der Waals surface area contributed by atoms with Crippen molar-refractivity contribution in [2.24, 2.45) is 0 Å². The minimum absolute atomic E-state index is 0.0283. The fourth-order valence-electron chi connectivity index (χ4n) is 7.36. The predicted octanol–water partition coefficient (Wildman–Crippen LogP) is 10.5. The van der Waals surface area contributed by atoms with Crippen LogP contribution in [0.5, 0.6) is 11.5 Å². The number of anilines is 2. The molecule has 0 fully saturated rings. The second-order valence-corrected chi connectivity index (χ2v) is 15.7. The van der Waals surface area contributed by atoms with Gasteiger partial charge in [-0.2, -0.15) is 13.2 Å². The van der Waals surface area contributed by atoms with E-state index >= 15 is 4.79 Å². The standard InChI is InChI=1S/C47H30Cl2F6N4O6/c1-23-12-36-37(57-22-56-36)21-35(23)58-45(62)43(64-39-8-6-28(48)18-33(39)41(60)25-13-27(47(53,54)55)17-30(50)14-25)44(46(63)59-11-10-24-4-2-3-5-38(24)59)65-40-9-7-29(49)19-34(40)42(61)26-15-31(51)20-32(52)16-26/h2-9,12-22,43-44H,10-11H2,1H3,(H,56,57)(H,58,62). The zero-order chi connectivity index (χ0) is 46.3. The Bertz CT molecular complexity index is 3050. The maximum Gasteiger partial charge on any atom is 0.416 e. The molecule has 0 aliphatic carbocycles. The van der Waals surface area contributed by atoms with Crippen LogP contribution >= 0.6 is 23.2 Å². The van der Waals surface area contributed by atoms with E-state index in [-0.39, 0.29) is 28.3 Å². The molecule has 0 spiro atoms. The number of aromatic nitrogens is 2. The number of halogens is 8. The van der Waals surface area contributed by atoms with E-state index in [0.29, 0.717) is 46.9 Å². The molecule has 2 N–H and O–H groups in total. The molecule has 0 saturated heterocycles. The molecule has 10 nitrogen and oxygen atoms in total. The van der Waals surface area contributed by atoms with E-state index in [0.717, 1.165) is 35.9 Å². The molecule has 6 aromatic carbocycles. The van der Waals surface area contributed by atoms with E-state index in [4.69, 9.17) is 32.7 Å². The van der Waals surface area contributed by atoms with Crippen LogP contribution in [0.25, 0.3) is 11.0 Å². The summed E-state index contributed by atoms with van der Waals surface area (Å²) in [4.78, 5) is 66.7. The number of aromatic amines is 1. The Balaban J connectivity index is 1.29. The van der Waals surface area contributed by atoms with E-state index < -0.39 is 98.5 Å². The molecule has 1 aliphatic rings. The van der Waals surface area contributed by atoms with Crippen LogP contribution in [0.2, 0.25) is 10.0 Å². The van der Waals surface area contributed by atoms with Gasteiger partial charge in [0.1, 0.15) is 29.0 Å². The van der Waals surface area contributed by atoms with Gasteiger partial charge in [0, 0.05) is 45.2 Å². The maximum atomic E-state index is 15.2. The van der Waals surface area contributed by atoms with Crippen LogP contribution in [0.15, 0.2) is 116 Å². The topological polar surface area (TPSA) is 131 Å². The summed E-state index contributed by atoms with van der Waals surface area (Å²) in [6.07, 6.45) is -7.52. The molecule has 7 aromatic rings. The lowest BCUT2D eigenvalue weighted by Gasteiger charge is -2.31. The van der Waals surface area contributed by atoms with Gasteiger partial charge >= 0.3 is 6.18 Å². The minimum Gasteiger partial charge on any atom is -0.475 e. The number of aryl methyl sites for hydroxylation is 1. The summed E-state index contributed by atoms with van der Waals surface area (Å²) in [6.45, 7) is 1.73. The van der Waals surface area contributed by atoms with Gasteiger partial charge in [0.2, 0.25) is 12.2 Å². The summed E-state index contributed by atoms with van der Waals surface area (Å²) in [6, 6.07) is 20.3. The molecule has 65 heavy (non-hydrogen) atoms. The molecular formula is C47H30Cl2F6N4O6. The normalized spacial score (nSPS) is 13.3. The SMILES string of the molecule is Cc1cc2nc[nH]c2cc1NC(=O)C(Oc1ccc(Cl)cc1C(=O)c1cc(F)cc(C(F)(F)F)c1)C(Oc1ccc(Cl)cc1C(=O)c1cc(F)cc(F)c1)C(=O)N1CCc2ccccc21. The van der Waals surface area contributed by atoms with Crippen LogP contribution in [-0.2, 0) is 22.2 Å². The fourth-order valence-corrected chi connectivity index (χ4v) is 7.70. The number of H-pyrrole nitrogens is 1. The molecule has 2 amide bonds. The number of ketones is 2. The molecule has 8 rings (SSSR count). The zero-order valence-corrected chi connectivity index (χ0v) is 34.9. The highest BCUT2D eigenvalue weighted by Crippen LogP contribution is 2.36. The number of carbonyl (C=O) groups excluding carboxylic acids is 4. The Morgan fingerprint density at radius 3 is 1.95 bits per heavy atom. The molecule has 0 saturated carbocycles. The number of alkyl halides is 3. The number of amides is 2. The first-order chi connectivity index (χ1) is 30.9. The first-order valence-electron chi connectivity index (χ1n) is 19.4. The van der Waals surface area contributed by atoms with Gasteiger partial charge in [0.15, 0.2) is 11.6 Å². The second-order valence-electron chi connectivity index (χ2n) is 14.8. The third-order valence-corrected chi connectivity index (χ3v) is 10.9. The molecule has 1 aliphatic heterocycles. The number of carbonyl (C=O) groups is 4. The highest BCUT2D eigenvalue weighted by molar-refractivity contribution is 6.31. The third-order valence-electron chi connectivity index (χ3n) is 10.4. The molecule has 18 heteroatoms. The Hall–Kier alpha value is -7.17. The number of nitrogens with one attached hydrogen (secondary N) is 2. The number of fused-ring (bicyclic) bond motifs is 2. The lowest BCUT2D eigenvalue weighted by atomic mass is 9.99. The number of rotatable bonds is 12. The maximum absolute atomic E-state index is 15.2. The van der Waals surface area contributed by atoms with Crippen molar-refractivity contribution in [3.8, 4) is 11.5 Å². The van der Waals surface area contributed by atoms with E-state index in [1.54, 1.807) is 43.3 Å². The van der Waals surface area contributed by atoms with Gasteiger partial charge in [-0.05, 0) is 109 Å². The zero-order valence-electron chi connectivity index (χ0n) is 33.4. The monoisotopic (exact) mass is 930 g/mol. The van der Waals surface area contributed by atoms with Crippen molar-refractivity contribution < 1.29 is 55.0 Å². The summed E-state index contributed by atoms with van der Waals surface area (Å²) in [5, 5.41) is 2.59. The van der Waals surface area contributed by atoms with Gasteiger partial charge in [0.05, 0.1) is 34.1 Å². The highest BCUT2D eigenvalue weighted by Gasteiger charge is 2.44. The molecular weight excluding hydrogens is 901 g/mol. The van der Waals surface area contributed by atoms with E-state index in [9.17, 15) is 40.7 Å². The van der Waals surface area contributed by atoms with Crippen LogP contribution < -0.4 is 19.7 Å². The first kappa shape index (κ1) is 44.4. The van der Waals surface area contributed by atoms with Gasteiger partial charge in [-0.25, -0.2) is 18.2 Å². The summed E-state index contributed by atoms with van der Waals surface area (Å²) in [5.41, 5.74) is -0.706. The summed E-state index contributed by atoms with van der Waals surface area (Å²) >= 11 is 12.6. The lowest BCUT2D eigenvalue weighted by molar-refractivity contribution is -0.138. The molecule has 2 atom stereocenters. The molecule has 2 unspecified atom stereocenters. The van der Waals surface area contributed by atoms with Crippen molar-refractivity contribution in [1.29, 1.82) is 0 Å². The van der Waals surface area contributed by atoms with Crippen LogP contribution in [-0.4, -0.2) is 52.1 Å². The van der Waals surface area contributed by atoms with Gasteiger partial charge in [-0.15, -0.1) is 0 Å². The first-order valence-corrected chi connectivity index (χ1v) is 20.2. The molecule has 0 radical (unpaired) electrons. The van der Waals surface area contributed by atoms with Gasteiger partial charge in [0.25, 0.3) is 11.8 Å². The predicted molar refractivity (Wildman–Crippen MR) is 228 cm³/mol. The van der Waals surface area contributed by atoms with E-state index in [2.05, 4.69) is 15.3 Å². The van der Waals surface area contributed by atoms with Crippen molar-refractivity contribution in [3.05, 3.63) is 182 Å². The summed E-state index contributed by atoms with van der Waals surface area (Å²) in [7, 11) is 0. The average molecular weight is 932 g/mol. The minimum atomic E-state index is -5.05. The highest BCUT2D eigenvalue weighted by atomic mass is 35.5. The number of nitrogens with zero attached hydrogens (tertiary/aromatic N) is 2. The Labute approximate surface area is 374 Å². The number of benzene rings is 6. The molecule has 330 valence electrons. The lowest BCUT2D eigenvalue weighted by Crippen LogP contribution is -2.54. The second kappa shape index (κ2) is 17.8. The average Bonchev–Trinajstić information content (AvgIpc) is 3.91. The van der Waals surface area contributed by atoms with Gasteiger partial charge in [-0.1, -0.05) is 41.4 Å². The quantitative estimate of drug-likeness (QED) is 0.0922. The number of imidazole rings is 1. The van der Waals surface area contributed by atoms with Gasteiger partial charge in [-0.3, -0.25) is 19.2 Å². The van der Waals surface area contributed by atoms with Crippen LogP contribution in [0, 0.1) is 24.4 Å². The number of ether oxygens (including phenoxy) is 2. The Morgan fingerprint density at radius 2 is 1.32 bits per heavy atom. The van der Waals surface area contributed by atoms with Crippen LogP contribution in [0.3, 0.4) is 0 Å². The van der Waals surface area contributed by atoms with E-state index in [1.807, 2.05) is 0 Å². The largest absolute Gasteiger partial charge is 0.475 e. The fraction of sp³-hybridized carbons (Fsp3) is 0.128. The molecule has 2 heterocycles. The van der Waals surface area contributed by atoms with E-state index in [1.165, 1.54) is 29.4 Å².